The van der Waals surface area contributed by atoms with Gasteiger partial charge in [0.1, 0.15) is 0 Å². The molecule has 0 amide bonds. The van der Waals surface area contributed by atoms with Crippen molar-refractivity contribution in [3.8, 4) is 22.4 Å². The van der Waals surface area contributed by atoms with E-state index >= 15 is 0 Å². The molecule has 1 N–H and O–H groups in total. The molecule has 2 aromatic carbocycles. The minimum atomic E-state index is 0.882. The second-order valence-corrected chi connectivity index (χ2v) is 6.84. The molecule has 1 aliphatic rings. The molecule has 0 saturated carbocycles. The monoisotopic (exact) mass is 352 g/mol. The Morgan fingerprint density at radius 2 is 1.52 bits per heavy atom. The maximum Gasteiger partial charge on any atom is 0.159 e. The van der Waals surface area contributed by atoms with Crippen LogP contribution in [0.2, 0.25) is 0 Å². The van der Waals surface area contributed by atoms with E-state index < -0.39 is 0 Å². The molecule has 0 bridgehead atoms. The molecular weight excluding hydrogens is 332 g/mol. The molecule has 4 nitrogen and oxygen atoms in total. The van der Waals surface area contributed by atoms with Crippen LogP contribution >= 0.6 is 0 Å². The molecule has 2 aromatic heterocycles. The number of hydrogen-bond acceptors (Lipinski definition) is 3. The van der Waals surface area contributed by atoms with Gasteiger partial charge in [-0.3, -0.25) is 10.1 Å². The lowest BCUT2D eigenvalue weighted by Crippen LogP contribution is -2.30. The number of benzene rings is 2. The normalized spacial score (nSPS) is 13.4. The van der Waals surface area contributed by atoms with Crippen molar-refractivity contribution in [2.24, 2.45) is 0 Å². The number of aromatic amines is 1. The van der Waals surface area contributed by atoms with Crippen molar-refractivity contribution in [3.63, 3.8) is 0 Å². The van der Waals surface area contributed by atoms with Crippen LogP contribution in [-0.4, -0.2) is 21.7 Å². The predicted octanol–water partition coefficient (Wildman–Crippen LogP) is 4.70. The van der Waals surface area contributed by atoms with E-state index in [0.717, 1.165) is 47.7 Å². The van der Waals surface area contributed by atoms with Crippen molar-refractivity contribution in [2.45, 2.75) is 13.0 Å². The summed E-state index contributed by atoms with van der Waals surface area (Å²) in [7, 11) is 0. The van der Waals surface area contributed by atoms with Crippen LogP contribution in [0.5, 0.6) is 0 Å². The van der Waals surface area contributed by atoms with Crippen LogP contribution in [-0.2, 0) is 13.0 Å². The number of aromatic nitrogens is 3. The fourth-order valence-electron chi connectivity index (χ4n) is 3.84. The Hall–Kier alpha value is -3.40. The molecular formula is C23H20N4. The Bertz CT molecular complexity index is 1050. The molecule has 27 heavy (non-hydrogen) atoms. The van der Waals surface area contributed by atoms with Gasteiger partial charge >= 0.3 is 0 Å². The number of H-pyrrole nitrogens is 1. The topological polar surface area (TPSA) is 44.8 Å². The summed E-state index contributed by atoms with van der Waals surface area (Å²) in [4.78, 5) is 6.56. The molecule has 0 aliphatic carbocycles. The summed E-state index contributed by atoms with van der Waals surface area (Å²) < 4.78 is 0. The highest BCUT2D eigenvalue weighted by Crippen LogP contribution is 2.39. The van der Waals surface area contributed by atoms with Gasteiger partial charge in [-0.05, 0) is 35.2 Å². The molecule has 0 atom stereocenters. The zero-order valence-corrected chi connectivity index (χ0v) is 15.0. The average Bonchev–Trinajstić information content (AvgIpc) is 3.20. The van der Waals surface area contributed by atoms with E-state index in [1.807, 2.05) is 18.5 Å². The van der Waals surface area contributed by atoms with Gasteiger partial charge in [0.25, 0.3) is 0 Å². The average molecular weight is 352 g/mol. The third-order valence-electron chi connectivity index (χ3n) is 5.21. The predicted molar refractivity (Wildman–Crippen MR) is 108 cm³/mol. The minimum absolute atomic E-state index is 0.882. The number of nitrogens with zero attached hydrogens (tertiary/aromatic N) is 3. The van der Waals surface area contributed by atoms with Crippen molar-refractivity contribution in [1.82, 2.24) is 15.2 Å². The van der Waals surface area contributed by atoms with E-state index in [-0.39, 0.29) is 0 Å². The second kappa shape index (κ2) is 6.72. The van der Waals surface area contributed by atoms with Crippen molar-refractivity contribution < 1.29 is 0 Å². The Kier molecular flexibility index (Phi) is 3.94. The van der Waals surface area contributed by atoms with E-state index in [9.17, 15) is 0 Å². The van der Waals surface area contributed by atoms with Gasteiger partial charge in [0, 0.05) is 31.0 Å². The fourth-order valence-corrected chi connectivity index (χ4v) is 3.84. The van der Waals surface area contributed by atoms with Gasteiger partial charge in [-0.2, -0.15) is 5.10 Å². The van der Waals surface area contributed by atoms with Crippen LogP contribution < -0.4 is 4.90 Å². The van der Waals surface area contributed by atoms with Crippen LogP contribution in [0.25, 0.3) is 22.4 Å². The lowest BCUT2D eigenvalue weighted by molar-refractivity contribution is 0.719. The van der Waals surface area contributed by atoms with Crippen LogP contribution in [0.15, 0.2) is 79.1 Å². The summed E-state index contributed by atoms with van der Waals surface area (Å²) in [6.07, 6.45) is 4.72. The number of rotatable bonds is 3. The molecule has 0 spiro atoms. The van der Waals surface area contributed by atoms with Gasteiger partial charge in [-0.1, -0.05) is 54.6 Å². The minimum Gasteiger partial charge on any atom is -0.350 e. The highest BCUT2D eigenvalue weighted by Gasteiger charge is 2.24. The summed E-state index contributed by atoms with van der Waals surface area (Å²) in [5.41, 5.74) is 7.29. The number of fused-ring (bicyclic) bond motifs is 1. The van der Waals surface area contributed by atoms with Gasteiger partial charge in [0.05, 0.1) is 11.3 Å². The molecule has 0 fully saturated rings. The van der Waals surface area contributed by atoms with Crippen molar-refractivity contribution in [3.05, 3.63) is 90.3 Å². The Balaban J connectivity index is 1.62. The maximum atomic E-state index is 4.75. The number of hydrogen-bond donors (Lipinski definition) is 1. The fraction of sp³-hybridized carbons (Fsp3) is 0.130. The molecule has 0 radical (unpaired) electrons. The van der Waals surface area contributed by atoms with Gasteiger partial charge in [0.15, 0.2) is 5.82 Å². The molecule has 5 rings (SSSR count). The third kappa shape index (κ3) is 2.89. The largest absolute Gasteiger partial charge is 0.350 e. The zero-order chi connectivity index (χ0) is 18.1. The van der Waals surface area contributed by atoms with Crippen LogP contribution in [0.1, 0.15) is 11.1 Å². The van der Waals surface area contributed by atoms with Gasteiger partial charge in [-0.15, -0.1) is 0 Å². The van der Waals surface area contributed by atoms with E-state index in [2.05, 4.69) is 75.6 Å². The number of anilines is 1. The Morgan fingerprint density at radius 3 is 2.33 bits per heavy atom. The first-order chi connectivity index (χ1) is 13.4. The van der Waals surface area contributed by atoms with Gasteiger partial charge < -0.3 is 4.90 Å². The van der Waals surface area contributed by atoms with Crippen molar-refractivity contribution in [2.75, 3.05) is 11.4 Å². The lowest BCUT2D eigenvalue weighted by Gasteiger charge is -2.29. The Labute approximate surface area is 158 Å². The maximum absolute atomic E-state index is 4.75. The zero-order valence-electron chi connectivity index (χ0n) is 15.0. The van der Waals surface area contributed by atoms with Crippen LogP contribution in [0.3, 0.4) is 0 Å². The van der Waals surface area contributed by atoms with Gasteiger partial charge in [0.2, 0.25) is 0 Å². The number of pyridine rings is 1. The smallest absolute Gasteiger partial charge is 0.159 e. The first-order valence-corrected chi connectivity index (χ1v) is 9.26. The summed E-state index contributed by atoms with van der Waals surface area (Å²) in [6.45, 7) is 1.85. The van der Waals surface area contributed by atoms with E-state index in [1.165, 1.54) is 11.1 Å². The lowest BCUT2D eigenvalue weighted by atomic mass is 9.97. The van der Waals surface area contributed by atoms with Crippen molar-refractivity contribution in [1.29, 1.82) is 0 Å². The summed E-state index contributed by atoms with van der Waals surface area (Å²) in [5, 5.41) is 8.04. The standard InChI is InChI=1S/C23H20N4/c1-2-7-19(8-3-1)22-21(18-10-13-24-14-11-18)23(26-25-22)27-15-12-17-6-4-5-9-20(17)16-27/h1-11,13-14H,12,15-16H2,(H,25,26). The van der Waals surface area contributed by atoms with Crippen molar-refractivity contribution >= 4 is 5.82 Å². The molecule has 4 aromatic rings. The van der Waals surface area contributed by atoms with Gasteiger partial charge in [-0.25, -0.2) is 0 Å². The van der Waals surface area contributed by atoms with Crippen LogP contribution in [0, 0.1) is 0 Å². The van der Waals surface area contributed by atoms with E-state index in [0.29, 0.717) is 0 Å². The van der Waals surface area contributed by atoms with Crippen LogP contribution in [0.4, 0.5) is 5.82 Å². The molecule has 132 valence electrons. The summed E-state index contributed by atoms with van der Waals surface area (Å²) >= 11 is 0. The molecule has 3 heterocycles. The molecule has 4 heteroatoms. The quantitative estimate of drug-likeness (QED) is 0.581. The first-order valence-electron chi connectivity index (χ1n) is 9.26. The summed E-state index contributed by atoms with van der Waals surface area (Å²) in [5.74, 6) is 1.01. The number of nitrogens with one attached hydrogen (secondary N) is 1. The SMILES string of the molecule is c1ccc(-c2[nH]nc(N3CCc4ccccc4C3)c2-c2ccncc2)cc1. The Morgan fingerprint density at radius 1 is 0.778 bits per heavy atom. The first kappa shape index (κ1) is 15.8. The molecule has 1 aliphatic heterocycles. The van der Waals surface area contributed by atoms with E-state index in [4.69, 9.17) is 5.10 Å². The third-order valence-corrected chi connectivity index (χ3v) is 5.21. The van der Waals surface area contributed by atoms with E-state index in [1.54, 1.807) is 0 Å². The highest BCUT2D eigenvalue weighted by molar-refractivity contribution is 5.89. The molecule has 0 saturated heterocycles. The second-order valence-electron chi connectivity index (χ2n) is 6.84. The molecule has 0 unspecified atom stereocenters. The summed E-state index contributed by atoms with van der Waals surface area (Å²) in [6, 6.07) is 23.2. The highest BCUT2D eigenvalue weighted by atomic mass is 15.3.